The minimum atomic E-state index is 0.646. The molecule has 9 aromatic rings. The van der Waals surface area contributed by atoms with Gasteiger partial charge in [-0.15, -0.1) is 0 Å². The molecule has 0 fully saturated rings. The number of benzene rings is 7. The minimum absolute atomic E-state index is 0.646. The van der Waals surface area contributed by atoms with Crippen LogP contribution in [0.4, 0.5) is 0 Å². The SMILES string of the molecule is c1ccc(-c2nc(-c3ccc4ccccc4c3)nc(-c3ccc4cc(-c5cccc6oc7ccccc7c56)ccc4c3)n2)cc1. The van der Waals surface area contributed by atoms with Crippen LogP contribution in [0.5, 0.6) is 0 Å². The van der Waals surface area contributed by atoms with Crippen LogP contribution >= 0.6 is 0 Å². The van der Waals surface area contributed by atoms with E-state index >= 15 is 0 Å². The smallest absolute Gasteiger partial charge is 0.164 e. The third-order valence-electron chi connectivity index (χ3n) is 8.49. The second kappa shape index (κ2) is 10.2. The molecule has 0 aliphatic heterocycles. The molecule has 0 aliphatic carbocycles. The summed E-state index contributed by atoms with van der Waals surface area (Å²) in [6.45, 7) is 0. The standard InChI is InChI=1S/C41H25N3O/c1-2-10-27(11-3-1)39-42-40(32-21-17-26-9-4-5-12-28(26)24-32)44-41(43-39)33-22-19-29-23-31(20-18-30(29)25-33)34-14-8-16-37-38(34)35-13-6-7-15-36(35)45-37/h1-25H. The van der Waals surface area contributed by atoms with Crippen LogP contribution in [-0.2, 0) is 0 Å². The number of furan rings is 1. The van der Waals surface area contributed by atoms with Crippen molar-refractivity contribution in [1.82, 2.24) is 15.0 Å². The predicted octanol–water partition coefficient (Wildman–Crippen LogP) is 10.7. The summed E-state index contributed by atoms with van der Waals surface area (Å²) in [6, 6.07) is 52.3. The quantitative estimate of drug-likeness (QED) is 0.209. The molecule has 0 bridgehead atoms. The van der Waals surface area contributed by atoms with Crippen molar-refractivity contribution >= 4 is 43.5 Å². The van der Waals surface area contributed by atoms with Gasteiger partial charge in [-0.2, -0.15) is 0 Å². The van der Waals surface area contributed by atoms with Crippen molar-refractivity contribution in [2.75, 3.05) is 0 Å². The number of nitrogens with zero attached hydrogens (tertiary/aromatic N) is 3. The highest BCUT2D eigenvalue weighted by Gasteiger charge is 2.15. The van der Waals surface area contributed by atoms with E-state index in [1.165, 1.54) is 5.39 Å². The summed E-state index contributed by atoms with van der Waals surface area (Å²) in [5.41, 5.74) is 6.97. The van der Waals surface area contributed by atoms with Crippen LogP contribution in [-0.4, -0.2) is 15.0 Å². The fraction of sp³-hybridized carbons (Fsp3) is 0. The zero-order chi connectivity index (χ0) is 29.7. The molecule has 9 rings (SSSR count). The molecule has 0 saturated heterocycles. The minimum Gasteiger partial charge on any atom is -0.456 e. The first-order chi connectivity index (χ1) is 22.3. The number of fused-ring (bicyclic) bond motifs is 5. The molecule has 0 saturated carbocycles. The molecular weight excluding hydrogens is 550 g/mol. The second-order valence-corrected chi connectivity index (χ2v) is 11.3. The Kier molecular flexibility index (Phi) is 5.78. The first kappa shape index (κ1) is 25.4. The third kappa shape index (κ3) is 4.43. The Bertz CT molecular complexity index is 2550. The molecule has 0 N–H and O–H groups in total. The van der Waals surface area contributed by atoms with E-state index < -0.39 is 0 Å². The fourth-order valence-corrected chi connectivity index (χ4v) is 6.25. The number of hydrogen-bond donors (Lipinski definition) is 0. The van der Waals surface area contributed by atoms with Crippen molar-refractivity contribution < 1.29 is 4.42 Å². The summed E-state index contributed by atoms with van der Waals surface area (Å²) in [5.74, 6) is 1.95. The summed E-state index contributed by atoms with van der Waals surface area (Å²) < 4.78 is 6.15. The Labute approximate surface area is 259 Å². The van der Waals surface area contributed by atoms with Gasteiger partial charge in [0.25, 0.3) is 0 Å². The van der Waals surface area contributed by atoms with Crippen molar-refractivity contribution in [1.29, 1.82) is 0 Å². The van der Waals surface area contributed by atoms with Crippen molar-refractivity contribution in [3.63, 3.8) is 0 Å². The van der Waals surface area contributed by atoms with Crippen molar-refractivity contribution in [2.45, 2.75) is 0 Å². The Balaban J connectivity index is 1.16. The molecule has 210 valence electrons. The van der Waals surface area contributed by atoms with E-state index in [1.54, 1.807) is 0 Å². The van der Waals surface area contributed by atoms with Gasteiger partial charge >= 0.3 is 0 Å². The molecule has 45 heavy (non-hydrogen) atoms. The van der Waals surface area contributed by atoms with Gasteiger partial charge in [-0.25, -0.2) is 15.0 Å². The van der Waals surface area contributed by atoms with Gasteiger partial charge in [-0.05, 0) is 63.0 Å². The van der Waals surface area contributed by atoms with Gasteiger partial charge in [0.15, 0.2) is 17.5 Å². The summed E-state index contributed by atoms with van der Waals surface area (Å²) in [5, 5.41) is 6.88. The van der Waals surface area contributed by atoms with Crippen LogP contribution < -0.4 is 0 Å². The fourth-order valence-electron chi connectivity index (χ4n) is 6.25. The maximum absolute atomic E-state index is 6.15. The largest absolute Gasteiger partial charge is 0.456 e. The van der Waals surface area contributed by atoms with Gasteiger partial charge in [0.05, 0.1) is 0 Å². The summed E-state index contributed by atoms with van der Waals surface area (Å²) in [7, 11) is 0. The topological polar surface area (TPSA) is 51.8 Å². The molecule has 0 aliphatic rings. The molecule has 0 amide bonds. The van der Waals surface area contributed by atoms with Crippen molar-refractivity contribution in [3.8, 4) is 45.3 Å². The predicted molar refractivity (Wildman–Crippen MR) is 184 cm³/mol. The van der Waals surface area contributed by atoms with E-state index in [1.807, 2.05) is 48.5 Å². The number of para-hydroxylation sites is 1. The molecule has 0 atom stereocenters. The highest BCUT2D eigenvalue weighted by Crippen LogP contribution is 2.38. The van der Waals surface area contributed by atoms with Crippen LogP contribution in [0, 0.1) is 0 Å². The normalized spacial score (nSPS) is 11.6. The van der Waals surface area contributed by atoms with Gasteiger partial charge in [-0.1, -0.05) is 121 Å². The average Bonchev–Trinajstić information content (AvgIpc) is 3.50. The van der Waals surface area contributed by atoms with Gasteiger partial charge < -0.3 is 4.42 Å². The third-order valence-corrected chi connectivity index (χ3v) is 8.49. The van der Waals surface area contributed by atoms with Crippen LogP contribution in [0.1, 0.15) is 0 Å². The number of hydrogen-bond acceptors (Lipinski definition) is 4. The van der Waals surface area contributed by atoms with Crippen molar-refractivity contribution in [2.24, 2.45) is 0 Å². The first-order valence-corrected chi connectivity index (χ1v) is 15.0. The summed E-state index contributed by atoms with van der Waals surface area (Å²) >= 11 is 0. The molecule has 4 heteroatoms. The highest BCUT2D eigenvalue weighted by atomic mass is 16.3. The average molecular weight is 576 g/mol. The van der Waals surface area contributed by atoms with Crippen LogP contribution in [0.15, 0.2) is 156 Å². The molecule has 0 spiro atoms. The van der Waals surface area contributed by atoms with E-state index in [0.717, 1.165) is 65.9 Å². The molecule has 0 unspecified atom stereocenters. The summed E-state index contributed by atoms with van der Waals surface area (Å²) in [4.78, 5) is 14.9. The zero-order valence-electron chi connectivity index (χ0n) is 24.2. The van der Waals surface area contributed by atoms with E-state index in [2.05, 4.69) is 103 Å². The first-order valence-electron chi connectivity index (χ1n) is 15.0. The monoisotopic (exact) mass is 575 g/mol. The van der Waals surface area contributed by atoms with Gasteiger partial charge in [0.2, 0.25) is 0 Å². The van der Waals surface area contributed by atoms with Crippen molar-refractivity contribution in [3.05, 3.63) is 152 Å². The van der Waals surface area contributed by atoms with Gasteiger partial charge in [0, 0.05) is 27.5 Å². The molecule has 2 aromatic heterocycles. The van der Waals surface area contributed by atoms with E-state index in [4.69, 9.17) is 19.4 Å². The van der Waals surface area contributed by atoms with Gasteiger partial charge in [0.1, 0.15) is 11.2 Å². The van der Waals surface area contributed by atoms with E-state index in [9.17, 15) is 0 Å². The molecule has 7 aromatic carbocycles. The van der Waals surface area contributed by atoms with E-state index in [0.29, 0.717) is 17.5 Å². The lowest BCUT2D eigenvalue weighted by atomic mass is 9.96. The molecular formula is C41H25N3O. The van der Waals surface area contributed by atoms with Gasteiger partial charge in [-0.3, -0.25) is 0 Å². The Morgan fingerprint density at radius 3 is 1.64 bits per heavy atom. The lowest BCUT2D eigenvalue weighted by Crippen LogP contribution is -2.00. The van der Waals surface area contributed by atoms with Crippen LogP contribution in [0.3, 0.4) is 0 Å². The highest BCUT2D eigenvalue weighted by molar-refractivity contribution is 6.12. The maximum atomic E-state index is 6.15. The zero-order valence-corrected chi connectivity index (χ0v) is 24.2. The molecule has 4 nitrogen and oxygen atoms in total. The molecule has 2 heterocycles. The van der Waals surface area contributed by atoms with Crippen LogP contribution in [0.2, 0.25) is 0 Å². The number of aromatic nitrogens is 3. The van der Waals surface area contributed by atoms with Crippen LogP contribution in [0.25, 0.3) is 88.8 Å². The Morgan fingerprint density at radius 2 is 0.889 bits per heavy atom. The summed E-state index contributed by atoms with van der Waals surface area (Å²) in [6.07, 6.45) is 0. The van der Waals surface area contributed by atoms with E-state index in [-0.39, 0.29) is 0 Å². The number of rotatable bonds is 4. The second-order valence-electron chi connectivity index (χ2n) is 11.3. The lowest BCUT2D eigenvalue weighted by Gasteiger charge is -2.10. The lowest BCUT2D eigenvalue weighted by molar-refractivity contribution is 0.669. The molecule has 0 radical (unpaired) electrons. The Morgan fingerprint density at radius 1 is 0.356 bits per heavy atom. The Hall–Kier alpha value is -6.13. The maximum Gasteiger partial charge on any atom is 0.164 e.